The Morgan fingerprint density at radius 3 is 2.28 bits per heavy atom. The fraction of sp³-hybridized carbons (Fsp3) is 0.312. The van der Waals surface area contributed by atoms with Crippen LogP contribution >= 0.6 is 0 Å². The molecule has 1 saturated carbocycles. The molecule has 0 saturated heterocycles. The maximum absolute atomic E-state index is 12.8. The number of ketones is 1. The van der Waals surface area contributed by atoms with Gasteiger partial charge in [-0.2, -0.15) is 0 Å². The Bertz CT molecular complexity index is 474. The van der Waals surface area contributed by atoms with E-state index in [1.807, 2.05) is 0 Å². The van der Waals surface area contributed by atoms with E-state index in [0.29, 0.717) is 11.1 Å². The van der Waals surface area contributed by atoms with Crippen LogP contribution in [0.5, 0.6) is 0 Å². The zero-order valence-corrected chi connectivity index (χ0v) is 10.4. The normalized spacial score (nSPS) is 15.3. The molecule has 94 valence electrons. The van der Waals surface area contributed by atoms with E-state index < -0.39 is 0 Å². The molecule has 0 amide bonds. The van der Waals surface area contributed by atoms with Crippen LogP contribution in [0.15, 0.2) is 48.1 Å². The lowest BCUT2D eigenvalue weighted by Crippen LogP contribution is -2.07. The molecule has 0 spiro atoms. The summed E-state index contributed by atoms with van der Waals surface area (Å²) in [6.45, 7) is 3.75. The summed E-state index contributed by atoms with van der Waals surface area (Å²) in [6, 6.07) is 5.70. The smallest absolute Gasteiger partial charge is 0.192 e. The number of carbonyl (C=O) groups excluding carboxylic acids is 1. The minimum Gasteiger partial charge on any atom is -0.289 e. The predicted octanol–water partition coefficient (Wildman–Crippen LogP) is 4.46. The zero-order chi connectivity index (χ0) is 13.0. The maximum Gasteiger partial charge on any atom is 0.192 e. The Hall–Kier alpha value is -1.70. The van der Waals surface area contributed by atoms with Crippen LogP contribution in [0, 0.1) is 5.82 Å². The van der Waals surface area contributed by atoms with Gasteiger partial charge >= 0.3 is 0 Å². The summed E-state index contributed by atoms with van der Waals surface area (Å²) in [7, 11) is 0. The zero-order valence-electron chi connectivity index (χ0n) is 10.4. The molecule has 0 unspecified atom stereocenters. The molecule has 1 aromatic carbocycles. The van der Waals surface area contributed by atoms with Crippen LogP contribution < -0.4 is 0 Å². The van der Waals surface area contributed by atoms with Crippen LogP contribution in [0.3, 0.4) is 0 Å². The molecule has 0 radical (unpaired) electrons. The van der Waals surface area contributed by atoms with Gasteiger partial charge in [0, 0.05) is 11.1 Å². The Morgan fingerprint density at radius 1 is 1.11 bits per heavy atom. The van der Waals surface area contributed by atoms with Crippen molar-refractivity contribution in [2.24, 2.45) is 0 Å². The van der Waals surface area contributed by atoms with Crippen LogP contribution in [-0.4, -0.2) is 5.78 Å². The fourth-order valence-corrected chi connectivity index (χ4v) is 2.40. The highest BCUT2D eigenvalue weighted by molar-refractivity contribution is 6.10. The first kappa shape index (κ1) is 12.7. The number of hydrogen-bond acceptors (Lipinski definition) is 1. The Kier molecular flexibility index (Phi) is 4.08. The van der Waals surface area contributed by atoms with E-state index in [-0.39, 0.29) is 11.6 Å². The molecule has 0 atom stereocenters. The second kappa shape index (κ2) is 5.76. The molecule has 1 aromatic rings. The first-order valence-corrected chi connectivity index (χ1v) is 6.37. The van der Waals surface area contributed by atoms with Gasteiger partial charge in [-0.05, 0) is 49.9 Å². The van der Waals surface area contributed by atoms with Gasteiger partial charge < -0.3 is 0 Å². The second-order valence-corrected chi connectivity index (χ2v) is 4.62. The van der Waals surface area contributed by atoms with Crippen molar-refractivity contribution in [3.05, 3.63) is 59.4 Å². The SMILES string of the molecule is C=CC(C(=O)c1ccc(F)cc1)=C1CCCCC1. The highest BCUT2D eigenvalue weighted by Crippen LogP contribution is 2.27. The van der Waals surface area contributed by atoms with Crippen molar-refractivity contribution >= 4 is 5.78 Å². The van der Waals surface area contributed by atoms with Crippen molar-refractivity contribution in [2.75, 3.05) is 0 Å². The van der Waals surface area contributed by atoms with Gasteiger partial charge in [-0.15, -0.1) is 0 Å². The molecule has 0 aromatic heterocycles. The summed E-state index contributed by atoms with van der Waals surface area (Å²) in [4.78, 5) is 12.3. The lowest BCUT2D eigenvalue weighted by atomic mass is 9.88. The first-order valence-electron chi connectivity index (χ1n) is 6.37. The monoisotopic (exact) mass is 244 g/mol. The number of benzene rings is 1. The molecular formula is C16H17FO. The van der Waals surface area contributed by atoms with Crippen LogP contribution in [0.4, 0.5) is 4.39 Å². The molecular weight excluding hydrogens is 227 g/mol. The third-order valence-corrected chi connectivity index (χ3v) is 3.39. The summed E-state index contributed by atoms with van der Waals surface area (Å²) in [6.07, 6.45) is 7.13. The summed E-state index contributed by atoms with van der Waals surface area (Å²) in [5, 5.41) is 0. The number of Topliss-reactive ketones (excluding diaryl/α,β-unsaturated/α-hetero) is 1. The molecule has 0 N–H and O–H groups in total. The highest BCUT2D eigenvalue weighted by Gasteiger charge is 2.16. The Balaban J connectivity index is 2.30. The van der Waals surface area contributed by atoms with Gasteiger partial charge in [-0.1, -0.05) is 24.6 Å². The van der Waals surface area contributed by atoms with E-state index >= 15 is 0 Å². The minimum absolute atomic E-state index is 0.0399. The standard InChI is InChI=1S/C16H17FO/c1-2-15(12-6-4-3-5-7-12)16(18)13-8-10-14(17)11-9-13/h2,8-11H,1,3-7H2. The van der Waals surface area contributed by atoms with Crippen molar-refractivity contribution in [3.63, 3.8) is 0 Å². The van der Waals surface area contributed by atoms with Gasteiger partial charge in [0.05, 0.1) is 0 Å². The molecule has 1 nitrogen and oxygen atoms in total. The predicted molar refractivity (Wildman–Crippen MR) is 71.0 cm³/mol. The van der Waals surface area contributed by atoms with Gasteiger partial charge in [0.1, 0.15) is 5.82 Å². The topological polar surface area (TPSA) is 17.1 Å². The molecule has 1 fully saturated rings. The quantitative estimate of drug-likeness (QED) is 0.567. The van der Waals surface area contributed by atoms with E-state index in [9.17, 15) is 9.18 Å². The Labute approximate surface area is 107 Å². The van der Waals surface area contributed by atoms with Crippen molar-refractivity contribution in [2.45, 2.75) is 32.1 Å². The minimum atomic E-state index is -0.322. The van der Waals surface area contributed by atoms with Gasteiger partial charge in [0.15, 0.2) is 5.78 Å². The highest BCUT2D eigenvalue weighted by atomic mass is 19.1. The largest absolute Gasteiger partial charge is 0.289 e. The lowest BCUT2D eigenvalue weighted by molar-refractivity contribution is 0.103. The molecule has 2 heteroatoms. The third-order valence-electron chi connectivity index (χ3n) is 3.39. The molecule has 0 heterocycles. The molecule has 1 aliphatic rings. The van der Waals surface area contributed by atoms with Gasteiger partial charge in [0.2, 0.25) is 0 Å². The van der Waals surface area contributed by atoms with E-state index in [4.69, 9.17) is 0 Å². The summed E-state index contributed by atoms with van der Waals surface area (Å²) in [5.74, 6) is -0.362. The van der Waals surface area contributed by atoms with Crippen LogP contribution in [-0.2, 0) is 0 Å². The molecule has 18 heavy (non-hydrogen) atoms. The van der Waals surface area contributed by atoms with Crippen LogP contribution in [0.1, 0.15) is 42.5 Å². The molecule has 0 aliphatic heterocycles. The van der Waals surface area contributed by atoms with E-state index in [0.717, 1.165) is 25.7 Å². The van der Waals surface area contributed by atoms with Gasteiger partial charge in [-0.3, -0.25) is 4.79 Å². The van der Waals surface area contributed by atoms with Crippen molar-refractivity contribution < 1.29 is 9.18 Å². The molecule has 2 rings (SSSR count). The van der Waals surface area contributed by atoms with E-state index in [2.05, 4.69) is 6.58 Å². The Morgan fingerprint density at radius 2 is 1.72 bits per heavy atom. The van der Waals surface area contributed by atoms with Crippen molar-refractivity contribution in [1.29, 1.82) is 0 Å². The average molecular weight is 244 g/mol. The van der Waals surface area contributed by atoms with Crippen molar-refractivity contribution in [3.8, 4) is 0 Å². The molecule has 0 bridgehead atoms. The van der Waals surface area contributed by atoms with Crippen molar-refractivity contribution in [1.82, 2.24) is 0 Å². The number of allylic oxidation sites excluding steroid dienone is 3. The summed E-state index contributed by atoms with van der Waals surface area (Å²) in [5.41, 5.74) is 2.44. The van der Waals surface area contributed by atoms with E-state index in [1.54, 1.807) is 6.08 Å². The summed E-state index contributed by atoms with van der Waals surface area (Å²) >= 11 is 0. The fourth-order valence-electron chi connectivity index (χ4n) is 2.40. The van der Waals surface area contributed by atoms with E-state index in [1.165, 1.54) is 36.3 Å². The number of rotatable bonds is 3. The average Bonchev–Trinajstić information content (AvgIpc) is 2.41. The number of hydrogen-bond donors (Lipinski definition) is 0. The first-order chi connectivity index (χ1) is 8.72. The van der Waals surface area contributed by atoms with Gasteiger partial charge in [0.25, 0.3) is 0 Å². The summed E-state index contributed by atoms with van der Waals surface area (Å²) < 4.78 is 12.8. The third kappa shape index (κ3) is 2.76. The van der Waals surface area contributed by atoms with Gasteiger partial charge in [-0.25, -0.2) is 4.39 Å². The van der Waals surface area contributed by atoms with Crippen LogP contribution in [0.2, 0.25) is 0 Å². The number of halogens is 1. The molecule has 1 aliphatic carbocycles. The number of carbonyl (C=O) groups is 1. The van der Waals surface area contributed by atoms with Crippen LogP contribution in [0.25, 0.3) is 0 Å². The maximum atomic E-state index is 12.8. The second-order valence-electron chi connectivity index (χ2n) is 4.62. The lowest BCUT2D eigenvalue weighted by Gasteiger charge is -2.16.